The third-order valence-electron chi connectivity index (χ3n) is 5.15. The zero-order valence-electron chi connectivity index (χ0n) is 18.6. The number of nitrogens with zero attached hydrogens (tertiary/aromatic N) is 3. The molecule has 0 radical (unpaired) electrons. The highest BCUT2D eigenvalue weighted by molar-refractivity contribution is 9.10. The van der Waals surface area contributed by atoms with Crippen molar-refractivity contribution in [3.8, 4) is 17.3 Å². The Kier molecular flexibility index (Phi) is 6.53. The van der Waals surface area contributed by atoms with Gasteiger partial charge >= 0.3 is 0 Å². The quantitative estimate of drug-likeness (QED) is 0.191. The summed E-state index contributed by atoms with van der Waals surface area (Å²) in [6, 6.07) is 18.2. The lowest BCUT2D eigenvalue weighted by molar-refractivity contribution is 0.241. The van der Waals surface area contributed by atoms with E-state index >= 15 is 0 Å². The first-order valence-electron chi connectivity index (χ1n) is 10.7. The number of fused-ring (bicyclic) bond motifs is 2. The monoisotopic (exact) mass is 613 g/mol. The van der Waals surface area contributed by atoms with E-state index in [9.17, 15) is 4.79 Å². The molecule has 0 saturated carbocycles. The Hall–Kier alpha value is -2.94. The van der Waals surface area contributed by atoms with E-state index in [1.165, 1.54) is 4.68 Å². The third-order valence-corrected chi connectivity index (χ3v) is 6.51. The number of aromatic nitrogens is 2. The summed E-state index contributed by atoms with van der Waals surface area (Å²) in [5.74, 6) is 1.28. The molecule has 0 N–H and O–H groups in total. The number of ether oxygens (including phenoxy) is 1. The van der Waals surface area contributed by atoms with Crippen LogP contribution in [0.2, 0.25) is 5.02 Å². The first-order valence-corrected chi connectivity index (χ1v) is 12.7. The second kappa shape index (κ2) is 9.60. The highest BCUT2D eigenvalue weighted by atomic mass is 79.9. The van der Waals surface area contributed by atoms with E-state index in [2.05, 4.69) is 37.0 Å². The predicted octanol–water partition coefficient (Wildman–Crippen LogP) is 7.66. The Morgan fingerprint density at radius 3 is 2.69 bits per heavy atom. The molecule has 2 aromatic heterocycles. The molecule has 2 heterocycles. The minimum Gasteiger partial charge on any atom is -0.488 e. The van der Waals surface area contributed by atoms with Gasteiger partial charge in [-0.2, -0.15) is 9.78 Å². The van der Waals surface area contributed by atoms with Gasteiger partial charge in [0.2, 0.25) is 5.82 Å². The van der Waals surface area contributed by atoms with E-state index in [0.29, 0.717) is 48.9 Å². The standard InChI is InChI=1S/C26H18Br2ClN3O3/c1-14(2)34-24-19(28)9-15(10-20(24)29)13-30-32-25(31-21-6-4-3-5-18(21)26(32)33)23-12-16-11-17(27)7-8-22(16)35-23/h3-14H,1-2H3. The first-order chi connectivity index (χ1) is 16.8. The summed E-state index contributed by atoms with van der Waals surface area (Å²) in [6.07, 6.45) is 1.52. The van der Waals surface area contributed by atoms with E-state index in [1.807, 2.05) is 50.2 Å². The van der Waals surface area contributed by atoms with Gasteiger partial charge in [0, 0.05) is 9.86 Å². The molecule has 0 spiro atoms. The number of hydrogen-bond acceptors (Lipinski definition) is 5. The van der Waals surface area contributed by atoms with Crippen LogP contribution in [0.4, 0.5) is 0 Å². The summed E-state index contributed by atoms with van der Waals surface area (Å²) in [7, 11) is 0. The van der Waals surface area contributed by atoms with Gasteiger partial charge in [0.25, 0.3) is 5.56 Å². The van der Waals surface area contributed by atoms with Gasteiger partial charge < -0.3 is 9.15 Å². The van der Waals surface area contributed by atoms with Gasteiger partial charge in [-0.1, -0.05) is 39.7 Å². The van der Waals surface area contributed by atoms with Crippen LogP contribution in [0.5, 0.6) is 5.75 Å². The second-order valence-corrected chi connectivity index (χ2v) is 10.3. The Labute approximate surface area is 222 Å². The van der Waals surface area contributed by atoms with Gasteiger partial charge in [-0.3, -0.25) is 4.79 Å². The van der Waals surface area contributed by atoms with Gasteiger partial charge in [-0.05, 0) is 83.9 Å². The zero-order chi connectivity index (χ0) is 24.7. The van der Waals surface area contributed by atoms with Crippen molar-refractivity contribution < 1.29 is 9.15 Å². The number of halogens is 3. The van der Waals surface area contributed by atoms with E-state index in [0.717, 1.165) is 9.86 Å². The molecule has 0 aliphatic heterocycles. The lowest BCUT2D eigenvalue weighted by Crippen LogP contribution is -2.20. The number of hydrogen-bond donors (Lipinski definition) is 0. The van der Waals surface area contributed by atoms with Crippen LogP contribution < -0.4 is 10.3 Å². The highest BCUT2D eigenvalue weighted by Gasteiger charge is 2.17. The van der Waals surface area contributed by atoms with Gasteiger partial charge in [0.05, 0.1) is 32.7 Å². The summed E-state index contributed by atoms with van der Waals surface area (Å²) < 4.78 is 14.7. The molecular weight excluding hydrogens is 598 g/mol. The van der Waals surface area contributed by atoms with E-state index < -0.39 is 0 Å². The van der Waals surface area contributed by atoms with Gasteiger partial charge in [-0.25, -0.2) is 4.98 Å². The molecule has 9 heteroatoms. The third kappa shape index (κ3) is 4.78. The van der Waals surface area contributed by atoms with Crippen molar-refractivity contribution >= 4 is 71.5 Å². The summed E-state index contributed by atoms with van der Waals surface area (Å²) >= 11 is 13.4. The van der Waals surface area contributed by atoms with Crippen molar-refractivity contribution in [2.24, 2.45) is 5.10 Å². The maximum atomic E-state index is 13.4. The van der Waals surface area contributed by atoms with Crippen LogP contribution in [0.15, 0.2) is 83.9 Å². The van der Waals surface area contributed by atoms with Crippen molar-refractivity contribution in [1.29, 1.82) is 0 Å². The van der Waals surface area contributed by atoms with Crippen LogP contribution in [0, 0.1) is 0 Å². The van der Waals surface area contributed by atoms with Crippen molar-refractivity contribution in [1.82, 2.24) is 9.66 Å². The molecule has 3 aromatic carbocycles. The lowest BCUT2D eigenvalue weighted by Gasteiger charge is -2.13. The average molecular weight is 616 g/mol. The molecule has 176 valence electrons. The maximum Gasteiger partial charge on any atom is 0.282 e. The molecule has 0 unspecified atom stereocenters. The molecule has 35 heavy (non-hydrogen) atoms. The topological polar surface area (TPSA) is 69.6 Å². The normalized spacial score (nSPS) is 11.8. The van der Waals surface area contributed by atoms with Crippen molar-refractivity contribution in [3.63, 3.8) is 0 Å². The van der Waals surface area contributed by atoms with Gasteiger partial charge in [-0.15, -0.1) is 0 Å². The molecule has 0 bridgehead atoms. The fraction of sp³-hybridized carbons (Fsp3) is 0.115. The molecule has 0 aliphatic rings. The number of benzene rings is 3. The SMILES string of the molecule is CC(C)Oc1c(Cl)cc(C=Nn2c(-c3cc4cc(Br)ccc4o3)nc3ccccc3c2=O)cc1Br. The molecule has 5 rings (SSSR count). The average Bonchev–Trinajstić information content (AvgIpc) is 3.23. The molecule has 0 amide bonds. The number of rotatable bonds is 5. The molecule has 0 saturated heterocycles. The fourth-order valence-electron chi connectivity index (χ4n) is 3.64. The summed E-state index contributed by atoms with van der Waals surface area (Å²) in [4.78, 5) is 18.1. The number of para-hydroxylation sites is 1. The minimum absolute atomic E-state index is 0.0300. The van der Waals surface area contributed by atoms with Crippen LogP contribution in [0.25, 0.3) is 33.5 Å². The Balaban J connectivity index is 1.66. The Morgan fingerprint density at radius 1 is 1.11 bits per heavy atom. The Morgan fingerprint density at radius 2 is 1.91 bits per heavy atom. The number of furan rings is 1. The molecule has 0 atom stereocenters. The largest absolute Gasteiger partial charge is 0.488 e. The molecular formula is C26H18Br2ClN3O3. The highest BCUT2D eigenvalue weighted by Crippen LogP contribution is 2.35. The van der Waals surface area contributed by atoms with Crippen LogP contribution in [0.3, 0.4) is 0 Å². The maximum absolute atomic E-state index is 13.4. The van der Waals surface area contributed by atoms with Crippen molar-refractivity contribution in [2.75, 3.05) is 0 Å². The van der Waals surface area contributed by atoms with E-state index in [-0.39, 0.29) is 11.7 Å². The second-order valence-electron chi connectivity index (χ2n) is 8.09. The Bertz CT molecular complexity index is 1650. The summed E-state index contributed by atoms with van der Waals surface area (Å²) in [5, 5.41) is 6.25. The van der Waals surface area contributed by atoms with Gasteiger partial charge in [0.15, 0.2) is 11.5 Å². The van der Waals surface area contributed by atoms with E-state index in [4.69, 9.17) is 25.7 Å². The zero-order valence-corrected chi connectivity index (χ0v) is 22.6. The van der Waals surface area contributed by atoms with E-state index in [1.54, 1.807) is 30.5 Å². The first kappa shape index (κ1) is 23.8. The minimum atomic E-state index is -0.312. The van der Waals surface area contributed by atoms with Crippen LogP contribution in [-0.4, -0.2) is 22.0 Å². The molecule has 5 aromatic rings. The molecule has 0 aliphatic carbocycles. The lowest BCUT2D eigenvalue weighted by atomic mass is 10.2. The molecule has 0 fully saturated rings. The van der Waals surface area contributed by atoms with Crippen molar-refractivity contribution in [2.45, 2.75) is 20.0 Å². The van der Waals surface area contributed by atoms with Gasteiger partial charge in [0.1, 0.15) is 5.58 Å². The predicted molar refractivity (Wildman–Crippen MR) is 147 cm³/mol. The fourth-order valence-corrected chi connectivity index (χ4v) is 4.98. The summed E-state index contributed by atoms with van der Waals surface area (Å²) in [5.41, 5.74) is 1.60. The smallest absolute Gasteiger partial charge is 0.282 e. The molecule has 6 nitrogen and oxygen atoms in total. The van der Waals surface area contributed by atoms with Crippen molar-refractivity contribution in [3.05, 3.63) is 90.5 Å². The van der Waals surface area contributed by atoms with Crippen LogP contribution in [-0.2, 0) is 0 Å². The van der Waals surface area contributed by atoms with Crippen LogP contribution >= 0.6 is 43.5 Å². The van der Waals surface area contributed by atoms with Crippen LogP contribution in [0.1, 0.15) is 19.4 Å². The summed E-state index contributed by atoms with van der Waals surface area (Å²) in [6.45, 7) is 3.85.